The molecule has 0 bridgehead atoms. The topological polar surface area (TPSA) is 64.6 Å². The van der Waals surface area contributed by atoms with Crippen molar-refractivity contribution in [1.29, 1.82) is 0 Å². The second kappa shape index (κ2) is 7.72. The van der Waals surface area contributed by atoms with Gasteiger partial charge in [0.15, 0.2) is 6.07 Å². The number of alkyl halides is 1. The second-order valence-corrected chi connectivity index (χ2v) is 6.35. The number of halogens is 1. The van der Waals surface area contributed by atoms with Gasteiger partial charge in [0.25, 0.3) is 0 Å². The molecule has 6 heteroatoms. The molecule has 0 aliphatic heterocycles. The molecule has 0 aromatic rings. The van der Waals surface area contributed by atoms with Crippen LogP contribution >= 0.6 is 11.6 Å². The molecule has 1 aliphatic rings. The summed E-state index contributed by atoms with van der Waals surface area (Å²) in [6, 6.07) is -0.170. The Hall–Kier alpha value is -0.970. The first-order valence-electron chi connectivity index (χ1n) is 7.03. The van der Waals surface area contributed by atoms with E-state index in [2.05, 4.69) is 5.32 Å². The van der Waals surface area contributed by atoms with Crippen LogP contribution in [0.3, 0.4) is 0 Å². The van der Waals surface area contributed by atoms with Gasteiger partial charge in [-0.25, -0.2) is 4.79 Å². The zero-order valence-electron chi connectivity index (χ0n) is 12.4. The number of nitrogens with one attached hydrogen (secondary N) is 1. The van der Waals surface area contributed by atoms with Crippen LogP contribution < -0.4 is 5.32 Å². The highest BCUT2D eigenvalue weighted by Gasteiger charge is 2.30. The van der Waals surface area contributed by atoms with E-state index in [4.69, 9.17) is 21.1 Å². The lowest BCUT2D eigenvalue weighted by Gasteiger charge is -2.32. The molecule has 1 N–H and O–H groups in total. The van der Waals surface area contributed by atoms with Gasteiger partial charge in [0, 0.05) is 6.04 Å². The highest BCUT2D eigenvalue weighted by Crippen LogP contribution is 2.27. The first-order valence-corrected chi connectivity index (χ1v) is 7.56. The molecule has 0 spiro atoms. The quantitative estimate of drug-likeness (QED) is 0.640. The summed E-state index contributed by atoms with van der Waals surface area (Å²) in [5.41, 5.74) is -0.522. The Balaban J connectivity index is 2.51. The van der Waals surface area contributed by atoms with Crippen molar-refractivity contribution in [2.75, 3.05) is 6.07 Å². The molecule has 0 aromatic heterocycles. The number of esters is 1. The van der Waals surface area contributed by atoms with Gasteiger partial charge in [-0.2, -0.15) is 0 Å². The Morgan fingerprint density at radius 1 is 1.25 bits per heavy atom. The third-order valence-electron chi connectivity index (χ3n) is 3.26. The molecule has 1 fully saturated rings. The molecule has 0 aromatic carbocycles. The largest absolute Gasteiger partial charge is 0.449 e. The number of hydrogen-bond acceptors (Lipinski definition) is 4. The summed E-state index contributed by atoms with van der Waals surface area (Å²) in [5, 5.41) is 2.87. The predicted octanol–water partition coefficient (Wildman–Crippen LogP) is 3.20. The van der Waals surface area contributed by atoms with E-state index in [0.29, 0.717) is 0 Å². The van der Waals surface area contributed by atoms with Crippen LogP contribution in [0.5, 0.6) is 0 Å². The molecule has 20 heavy (non-hydrogen) atoms. The molecule has 2 unspecified atom stereocenters. The Kier molecular flexibility index (Phi) is 6.59. The molecular formula is C14H24ClNO4. The third-order valence-corrected chi connectivity index (χ3v) is 3.36. The zero-order chi connectivity index (χ0) is 15.2. The minimum absolute atomic E-state index is 0.0403. The first kappa shape index (κ1) is 17.1. The highest BCUT2D eigenvalue weighted by molar-refractivity contribution is 6.17. The van der Waals surface area contributed by atoms with Crippen molar-refractivity contribution in [3.05, 3.63) is 0 Å². The molecule has 1 amide bonds. The first-order chi connectivity index (χ1) is 9.31. The van der Waals surface area contributed by atoms with E-state index in [1.807, 2.05) is 20.8 Å². The van der Waals surface area contributed by atoms with Crippen molar-refractivity contribution < 1.29 is 19.1 Å². The van der Waals surface area contributed by atoms with Crippen LogP contribution in [0.1, 0.15) is 52.9 Å². The standard InChI is InChI=1S/C14H24ClNO4/c1-14(2,3)20-13(18)16-11-7-5-4-6-10(11)8-12(17)19-9-15/h10-11H,4-9H2,1-3H3,(H,16,18). The fraction of sp³-hybridized carbons (Fsp3) is 0.857. The third kappa shape index (κ3) is 6.46. The average Bonchev–Trinajstić information content (AvgIpc) is 2.29. The van der Waals surface area contributed by atoms with Gasteiger partial charge in [0.2, 0.25) is 0 Å². The molecule has 5 nitrogen and oxygen atoms in total. The molecule has 116 valence electrons. The van der Waals surface area contributed by atoms with Gasteiger partial charge < -0.3 is 14.8 Å². The van der Waals surface area contributed by atoms with Gasteiger partial charge in [-0.15, -0.1) is 0 Å². The lowest BCUT2D eigenvalue weighted by atomic mass is 9.82. The maximum absolute atomic E-state index is 11.8. The second-order valence-electron chi connectivity index (χ2n) is 6.13. The van der Waals surface area contributed by atoms with Gasteiger partial charge in [0.1, 0.15) is 5.60 Å². The van der Waals surface area contributed by atoms with E-state index in [1.54, 1.807) is 0 Å². The summed E-state index contributed by atoms with van der Waals surface area (Å²) < 4.78 is 10.0. The maximum atomic E-state index is 11.8. The van der Waals surface area contributed by atoms with Gasteiger partial charge in [-0.1, -0.05) is 24.4 Å². The van der Waals surface area contributed by atoms with Crippen LogP contribution in [-0.2, 0) is 14.3 Å². The number of hydrogen-bond donors (Lipinski definition) is 1. The zero-order valence-corrected chi connectivity index (χ0v) is 13.2. The number of amides is 1. The molecule has 2 atom stereocenters. The van der Waals surface area contributed by atoms with Crippen molar-refractivity contribution in [1.82, 2.24) is 5.32 Å². The fourth-order valence-corrected chi connectivity index (χ4v) is 2.56. The van der Waals surface area contributed by atoms with Crippen molar-refractivity contribution in [3.8, 4) is 0 Å². The van der Waals surface area contributed by atoms with E-state index < -0.39 is 11.7 Å². The summed E-state index contributed by atoms with van der Waals surface area (Å²) in [5.74, 6) is -0.227. The molecule has 1 rings (SSSR count). The van der Waals surface area contributed by atoms with E-state index >= 15 is 0 Å². The van der Waals surface area contributed by atoms with E-state index in [9.17, 15) is 9.59 Å². The van der Waals surface area contributed by atoms with Crippen molar-refractivity contribution in [3.63, 3.8) is 0 Å². The smallest absolute Gasteiger partial charge is 0.407 e. The van der Waals surface area contributed by atoms with Crippen molar-refractivity contribution >= 4 is 23.7 Å². The van der Waals surface area contributed by atoms with Crippen molar-refractivity contribution in [2.24, 2.45) is 5.92 Å². The van der Waals surface area contributed by atoms with E-state index in [0.717, 1.165) is 25.7 Å². The van der Waals surface area contributed by atoms with E-state index in [-0.39, 0.29) is 30.4 Å². The van der Waals surface area contributed by atoms with Crippen LogP contribution in [0, 0.1) is 5.92 Å². The van der Waals surface area contributed by atoms with Gasteiger partial charge in [0.05, 0.1) is 6.42 Å². The Bertz CT molecular complexity index is 341. The van der Waals surface area contributed by atoms with Gasteiger partial charge in [-0.3, -0.25) is 4.79 Å². The van der Waals surface area contributed by atoms with Gasteiger partial charge >= 0.3 is 12.1 Å². The maximum Gasteiger partial charge on any atom is 0.407 e. The predicted molar refractivity (Wildman–Crippen MR) is 76.5 cm³/mol. The van der Waals surface area contributed by atoms with Crippen LogP contribution in [-0.4, -0.2) is 29.8 Å². The minimum Gasteiger partial charge on any atom is -0.449 e. The number of ether oxygens (including phenoxy) is 2. The number of carbonyl (C=O) groups is 2. The summed E-state index contributed by atoms with van der Waals surface area (Å²) in [6.45, 7) is 5.47. The summed E-state index contributed by atoms with van der Waals surface area (Å²) in [7, 11) is 0. The normalized spacial score (nSPS) is 23.0. The van der Waals surface area contributed by atoms with Crippen LogP contribution in [0.25, 0.3) is 0 Å². The van der Waals surface area contributed by atoms with Crippen LogP contribution in [0.4, 0.5) is 4.79 Å². The average molecular weight is 306 g/mol. The molecule has 0 heterocycles. The molecule has 1 saturated carbocycles. The van der Waals surface area contributed by atoms with Crippen LogP contribution in [0.2, 0.25) is 0 Å². The minimum atomic E-state index is -0.522. The summed E-state index contributed by atoms with van der Waals surface area (Å²) in [4.78, 5) is 23.3. The number of alkyl carbamates (subject to hydrolysis) is 1. The summed E-state index contributed by atoms with van der Waals surface area (Å²) >= 11 is 5.37. The Morgan fingerprint density at radius 2 is 1.90 bits per heavy atom. The molecule has 0 radical (unpaired) electrons. The molecule has 0 saturated heterocycles. The van der Waals surface area contributed by atoms with Crippen LogP contribution in [0.15, 0.2) is 0 Å². The van der Waals surface area contributed by atoms with Crippen molar-refractivity contribution in [2.45, 2.75) is 64.5 Å². The fourth-order valence-electron chi connectivity index (χ4n) is 2.43. The lowest BCUT2D eigenvalue weighted by Crippen LogP contribution is -2.45. The monoisotopic (exact) mass is 305 g/mol. The molecule has 1 aliphatic carbocycles. The van der Waals surface area contributed by atoms with Gasteiger partial charge in [-0.05, 0) is 39.5 Å². The Morgan fingerprint density at radius 3 is 2.50 bits per heavy atom. The SMILES string of the molecule is CC(C)(C)OC(=O)NC1CCCCC1CC(=O)OCCl. The number of carbonyl (C=O) groups excluding carboxylic acids is 2. The number of rotatable bonds is 4. The lowest BCUT2D eigenvalue weighted by molar-refractivity contribution is -0.143. The summed E-state index contributed by atoms with van der Waals surface area (Å²) in [6.07, 6.45) is 3.72. The Labute approximate surface area is 125 Å². The highest BCUT2D eigenvalue weighted by atomic mass is 35.5. The van der Waals surface area contributed by atoms with E-state index in [1.165, 1.54) is 0 Å². The molecular weight excluding hydrogens is 282 g/mol.